The quantitative estimate of drug-likeness (QED) is 0.767. The first kappa shape index (κ1) is 15.6. The van der Waals surface area contributed by atoms with Gasteiger partial charge in [-0.15, -0.1) is 0 Å². The Morgan fingerprint density at radius 1 is 1.52 bits per heavy atom. The summed E-state index contributed by atoms with van der Waals surface area (Å²) in [4.78, 5) is 11.8. The van der Waals surface area contributed by atoms with Crippen LogP contribution in [0.15, 0.2) is 39.6 Å². The fraction of sp³-hybridized carbons (Fsp3) is 0.400. The largest absolute Gasteiger partial charge is 0.466 e. The highest BCUT2D eigenvalue weighted by molar-refractivity contribution is 7.07. The summed E-state index contributed by atoms with van der Waals surface area (Å²) in [5.74, 6) is 0.425. The summed E-state index contributed by atoms with van der Waals surface area (Å²) >= 11 is 1.64. The van der Waals surface area contributed by atoms with Crippen molar-refractivity contribution in [1.29, 1.82) is 0 Å². The molecule has 0 fully saturated rings. The second-order valence-electron chi connectivity index (χ2n) is 5.31. The van der Waals surface area contributed by atoms with E-state index in [1.165, 1.54) is 11.8 Å². The highest BCUT2D eigenvalue weighted by Gasteiger charge is 2.26. The third-order valence-corrected chi connectivity index (χ3v) is 3.88. The minimum absolute atomic E-state index is 0.0214. The molecule has 2 aromatic rings. The van der Waals surface area contributed by atoms with Gasteiger partial charge in [0, 0.05) is 6.04 Å². The van der Waals surface area contributed by atoms with Crippen LogP contribution in [0.25, 0.3) is 0 Å². The Morgan fingerprint density at radius 2 is 2.33 bits per heavy atom. The molecule has 6 heteroatoms. The highest BCUT2D eigenvalue weighted by Crippen LogP contribution is 2.19. The average Bonchev–Trinajstić information content (AvgIpc) is 3.09. The molecule has 0 spiro atoms. The van der Waals surface area contributed by atoms with E-state index in [-0.39, 0.29) is 18.6 Å². The van der Waals surface area contributed by atoms with Gasteiger partial charge in [-0.2, -0.15) is 11.3 Å². The van der Waals surface area contributed by atoms with E-state index in [1.807, 2.05) is 18.4 Å². The molecular weight excluding hydrogens is 288 g/mol. The molecule has 0 aliphatic carbocycles. The van der Waals surface area contributed by atoms with Crippen LogP contribution in [0.5, 0.6) is 0 Å². The topological polar surface area (TPSA) is 74.5 Å². The zero-order valence-electron chi connectivity index (χ0n) is 12.1. The molecule has 2 atom stereocenters. The lowest BCUT2D eigenvalue weighted by molar-refractivity contribution is 0.0366. The zero-order chi connectivity index (χ0) is 15.3. The molecule has 0 saturated heterocycles. The molecule has 0 radical (unpaired) electrons. The highest BCUT2D eigenvalue weighted by atomic mass is 32.1. The summed E-state index contributed by atoms with van der Waals surface area (Å²) in [6, 6.07) is 5.14. The Morgan fingerprint density at radius 3 is 2.95 bits per heavy atom. The second kappa shape index (κ2) is 6.78. The van der Waals surface area contributed by atoms with Gasteiger partial charge in [0.2, 0.25) is 0 Å². The number of amides is 2. The van der Waals surface area contributed by atoms with Crippen LogP contribution in [0.4, 0.5) is 4.79 Å². The van der Waals surface area contributed by atoms with Gasteiger partial charge in [0.1, 0.15) is 11.4 Å². The Balaban J connectivity index is 1.77. The van der Waals surface area contributed by atoms with Crippen LogP contribution in [-0.2, 0) is 12.0 Å². The van der Waals surface area contributed by atoms with Gasteiger partial charge < -0.3 is 20.2 Å². The van der Waals surface area contributed by atoms with E-state index in [9.17, 15) is 9.90 Å². The van der Waals surface area contributed by atoms with Gasteiger partial charge in [0.25, 0.3) is 0 Å². The lowest BCUT2D eigenvalue weighted by Gasteiger charge is -2.22. The van der Waals surface area contributed by atoms with Gasteiger partial charge in [-0.1, -0.05) is 0 Å². The van der Waals surface area contributed by atoms with Crippen molar-refractivity contribution >= 4 is 17.4 Å². The average molecular weight is 308 g/mol. The van der Waals surface area contributed by atoms with Crippen molar-refractivity contribution in [3.05, 3.63) is 46.5 Å². The van der Waals surface area contributed by atoms with Crippen molar-refractivity contribution < 1.29 is 14.3 Å². The van der Waals surface area contributed by atoms with Gasteiger partial charge >= 0.3 is 6.03 Å². The first-order valence-corrected chi connectivity index (χ1v) is 7.73. The van der Waals surface area contributed by atoms with Crippen molar-refractivity contribution in [2.45, 2.75) is 31.9 Å². The molecule has 3 N–H and O–H groups in total. The minimum atomic E-state index is -1.22. The molecule has 5 nitrogen and oxygen atoms in total. The summed E-state index contributed by atoms with van der Waals surface area (Å²) in [7, 11) is 0. The van der Waals surface area contributed by atoms with Crippen molar-refractivity contribution in [2.75, 3.05) is 6.54 Å². The van der Waals surface area contributed by atoms with Gasteiger partial charge in [-0.25, -0.2) is 4.79 Å². The molecule has 0 unspecified atom stereocenters. The van der Waals surface area contributed by atoms with E-state index < -0.39 is 5.60 Å². The molecular formula is C15H20N2O3S. The zero-order valence-corrected chi connectivity index (χ0v) is 12.9. The fourth-order valence-electron chi connectivity index (χ4n) is 2.01. The number of aliphatic hydroxyl groups is 1. The number of furan rings is 1. The molecule has 2 amide bonds. The van der Waals surface area contributed by atoms with Crippen LogP contribution in [-0.4, -0.2) is 23.7 Å². The molecule has 0 bridgehead atoms. The molecule has 0 aliphatic heterocycles. The lowest BCUT2D eigenvalue weighted by Crippen LogP contribution is -2.46. The number of carbonyl (C=O) groups excluding carboxylic acids is 1. The number of urea groups is 1. The van der Waals surface area contributed by atoms with Crippen LogP contribution >= 0.6 is 11.3 Å². The predicted octanol–water partition coefficient (Wildman–Crippen LogP) is 2.48. The van der Waals surface area contributed by atoms with Crippen LogP contribution in [0, 0.1) is 0 Å². The molecule has 0 aromatic carbocycles. The third-order valence-electron chi connectivity index (χ3n) is 3.14. The molecule has 114 valence electrons. The lowest BCUT2D eigenvalue weighted by atomic mass is 10.0. The van der Waals surface area contributed by atoms with Crippen LogP contribution < -0.4 is 10.6 Å². The number of carbonyl (C=O) groups is 1. The Labute approximate surface area is 128 Å². The van der Waals surface area contributed by atoms with E-state index in [4.69, 9.17) is 4.42 Å². The van der Waals surface area contributed by atoms with E-state index in [0.29, 0.717) is 5.76 Å². The van der Waals surface area contributed by atoms with E-state index >= 15 is 0 Å². The van der Waals surface area contributed by atoms with Crippen molar-refractivity contribution in [1.82, 2.24) is 10.6 Å². The van der Waals surface area contributed by atoms with Crippen molar-refractivity contribution in [3.8, 4) is 0 Å². The van der Waals surface area contributed by atoms with Crippen LogP contribution in [0.1, 0.15) is 25.2 Å². The number of nitrogens with one attached hydrogen (secondary N) is 2. The molecule has 21 heavy (non-hydrogen) atoms. The summed E-state index contributed by atoms with van der Waals surface area (Å²) < 4.78 is 5.16. The Bertz CT molecular complexity index is 550. The van der Waals surface area contributed by atoms with Crippen molar-refractivity contribution in [3.63, 3.8) is 0 Å². The summed E-state index contributed by atoms with van der Waals surface area (Å²) in [5.41, 5.74) is -0.0207. The Hall–Kier alpha value is -1.79. The molecule has 0 saturated carbocycles. The first-order chi connectivity index (χ1) is 9.97. The fourth-order valence-corrected chi connectivity index (χ4v) is 2.69. The maximum Gasteiger partial charge on any atom is 0.315 e. The maximum absolute atomic E-state index is 11.8. The summed E-state index contributed by atoms with van der Waals surface area (Å²) in [6.07, 6.45) is 2.28. The van der Waals surface area contributed by atoms with Crippen LogP contribution in [0.2, 0.25) is 0 Å². The first-order valence-electron chi connectivity index (χ1n) is 6.79. The number of rotatable bonds is 6. The number of hydrogen-bond acceptors (Lipinski definition) is 4. The standard InChI is InChI=1S/C15H20N2O3S/c1-11(8-12-5-7-21-9-12)17-14(18)16-10-15(2,19)13-4-3-6-20-13/h3-7,9,11,19H,8,10H2,1-2H3,(H2,16,17,18)/t11-,15+/m0/s1. The SMILES string of the molecule is C[C@@H](Cc1ccsc1)NC(=O)NC[C@@](C)(O)c1ccco1. The normalized spacial score (nSPS) is 15.2. The van der Waals surface area contributed by atoms with Gasteiger partial charge in [-0.3, -0.25) is 0 Å². The van der Waals surface area contributed by atoms with Crippen LogP contribution in [0.3, 0.4) is 0 Å². The van der Waals surface area contributed by atoms with Crippen molar-refractivity contribution in [2.24, 2.45) is 0 Å². The summed E-state index contributed by atoms with van der Waals surface area (Å²) in [5, 5.41) is 19.8. The monoisotopic (exact) mass is 308 g/mol. The predicted molar refractivity (Wildman–Crippen MR) is 82.3 cm³/mol. The van der Waals surface area contributed by atoms with E-state index in [2.05, 4.69) is 16.0 Å². The van der Waals surface area contributed by atoms with Gasteiger partial charge in [-0.05, 0) is 54.8 Å². The summed E-state index contributed by atoms with van der Waals surface area (Å²) in [6.45, 7) is 3.63. The van der Waals surface area contributed by atoms with E-state index in [1.54, 1.807) is 30.4 Å². The maximum atomic E-state index is 11.8. The second-order valence-corrected chi connectivity index (χ2v) is 6.09. The molecule has 2 aromatic heterocycles. The van der Waals surface area contributed by atoms with Gasteiger partial charge in [0.15, 0.2) is 0 Å². The number of thiophene rings is 1. The molecule has 2 heterocycles. The number of hydrogen-bond donors (Lipinski definition) is 3. The van der Waals surface area contributed by atoms with Gasteiger partial charge in [0.05, 0.1) is 12.8 Å². The third kappa shape index (κ3) is 4.61. The Kier molecular flexibility index (Phi) is 5.03. The minimum Gasteiger partial charge on any atom is -0.466 e. The molecule has 2 rings (SSSR count). The smallest absolute Gasteiger partial charge is 0.315 e. The van der Waals surface area contributed by atoms with E-state index in [0.717, 1.165) is 6.42 Å². The molecule has 0 aliphatic rings.